The van der Waals surface area contributed by atoms with Crippen molar-refractivity contribution in [2.45, 2.75) is 31.3 Å². The van der Waals surface area contributed by atoms with Crippen LogP contribution in [0, 0.1) is 0 Å². The number of aromatic nitrogens is 2. The lowest BCUT2D eigenvalue weighted by Gasteiger charge is -2.35. The van der Waals surface area contributed by atoms with Gasteiger partial charge in [-0.3, -0.25) is 10.00 Å². The summed E-state index contributed by atoms with van der Waals surface area (Å²) in [4.78, 5) is 14.2. The number of amides is 1. The minimum absolute atomic E-state index is 0.526. The molecule has 0 aliphatic carbocycles. The lowest BCUT2D eigenvalue weighted by atomic mass is 9.88. The van der Waals surface area contributed by atoms with Crippen LogP contribution < -0.4 is 5.32 Å². The van der Waals surface area contributed by atoms with Crippen LogP contribution in [0.4, 0.5) is 10.6 Å². The highest BCUT2D eigenvalue weighted by Crippen LogP contribution is 2.41. The van der Waals surface area contributed by atoms with E-state index in [1.165, 1.54) is 16.2 Å². The van der Waals surface area contributed by atoms with E-state index in [2.05, 4.69) is 22.1 Å². The Balaban J connectivity index is 1.79. The average Bonchev–Trinajstić information content (AvgIpc) is 3.25. The van der Waals surface area contributed by atoms with Crippen LogP contribution in [-0.4, -0.2) is 32.8 Å². The summed E-state index contributed by atoms with van der Waals surface area (Å²) in [6.45, 7) is 4.94. The van der Waals surface area contributed by atoms with Crippen molar-refractivity contribution in [1.82, 2.24) is 15.1 Å². The van der Waals surface area contributed by atoms with Crippen molar-refractivity contribution >= 4 is 34.8 Å². The zero-order valence-electron chi connectivity index (χ0n) is 13.1. The van der Waals surface area contributed by atoms with Gasteiger partial charge in [-0.1, -0.05) is 17.7 Å². The zero-order valence-corrected chi connectivity index (χ0v) is 14.7. The summed E-state index contributed by atoms with van der Waals surface area (Å²) in [5.74, 6) is 0.690. The summed E-state index contributed by atoms with van der Waals surface area (Å²) in [6.07, 6.45) is 3.00. The molecule has 0 radical (unpaired) electrons. The molecule has 1 aliphatic heterocycles. The van der Waals surface area contributed by atoms with Crippen molar-refractivity contribution in [3.8, 4) is 0 Å². The largest absolute Gasteiger partial charge is 0.465 e. The average molecular weight is 367 g/mol. The molecule has 1 saturated heterocycles. The molecule has 128 valence electrons. The van der Waals surface area contributed by atoms with Gasteiger partial charge in [0.25, 0.3) is 0 Å². The maximum Gasteiger partial charge on any atom is 0.408 e. The molecule has 2 aromatic rings. The third-order valence-electron chi connectivity index (χ3n) is 4.35. The molecule has 1 aliphatic rings. The Bertz CT molecular complexity index is 744. The first-order chi connectivity index (χ1) is 11.5. The second-order valence-electron chi connectivity index (χ2n) is 5.79. The number of carboxylic acid groups (broad SMARTS) is 1. The van der Waals surface area contributed by atoms with E-state index in [0.717, 1.165) is 27.7 Å². The minimum atomic E-state index is -0.910. The number of nitrogens with one attached hydrogen (secondary N) is 2. The Kier molecular flexibility index (Phi) is 4.82. The van der Waals surface area contributed by atoms with E-state index in [1.54, 1.807) is 6.08 Å². The fourth-order valence-corrected chi connectivity index (χ4v) is 4.30. The third-order valence-corrected chi connectivity index (χ3v) is 5.58. The van der Waals surface area contributed by atoms with E-state index in [-0.39, 0.29) is 0 Å². The Morgan fingerprint density at radius 1 is 1.62 bits per heavy atom. The van der Waals surface area contributed by atoms with Gasteiger partial charge in [0.1, 0.15) is 5.82 Å². The maximum atomic E-state index is 11.6. The fourth-order valence-electron chi connectivity index (χ4n) is 3.27. The van der Waals surface area contributed by atoms with Crippen LogP contribution in [-0.2, 0) is 12.1 Å². The van der Waals surface area contributed by atoms with Crippen molar-refractivity contribution < 1.29 is 9.90 Å². The number of anilines is 1. The van der Waals surface area contributed by atoms with Crippen molar-refractivity contribution in [3.05, 3.63) is 45.8 Å². The smallest absolute Gasteiger partial charge is 0.408 e. The van der Waals surface area contributed by atoms with E-state index in [0.29, 0.717) is 25.3 Å². The number of likely N-dealkylation sites (tertiary alicyclic amines) is 1. The zero-order chi connectivity index (χ0) is 17.2. The number of nitrogens with zero attached hydrogens (tertiary/aromatic N) is 2. The predicted octanol–water partition coefficient (Wildman–Crippen LogP) is 4.28. The molecular weight excluding hydrogens is 348 g/mol. The number of H-pyrrole nitrogens is 1. The van der Waals surface area contributed by atoms with Crippen LogP contribution in [0.25, 0.3) is 0 Å². The normalized spacial score (nSPS) is 20.3. The Hall–Kier alpha value is -1.99. The molecular formula is C16H19ClN4O2S. The highest BCUT2D eigenvalue weighted by molar-refractivity contribution is 7.16. The van der Waals surface area contributed by atoms with Crippen LogP contribution in [0.3, 0.4) is 0 Å². The molecule has 24 heavy (non-hydrogen) atoms. The summed E-state index contributed by atoms with van der Waals surface area (Å²) in [6, 6.07) is 5.72. The first-order valence-corrected chi connectivity index (χ1v) is 8.90. The van der Waals surface area contributed by atoms with E-state index >= 15 is 0 Å². The number of thiophene rings is 1. The van der Waals surface area contributed by atoms with E-state index < -0.39 is 11.6 Å². The molecule has 3 rings (SSSR count). The standard InChI is InChI=1S/C16H19ClN4O2S/c1-2-6-16(7-3-8-21(16)15(22)23)12-9-14(20-19-12)18-10-11-4-5-13(17)24-11/h2,4-5,9H,1,3,6-8,10H2,(H,22,23)(H2,18,19,20). The summed E-state index contributed by atoms with van der Waals surface area (Å²) < 4.78 is 0.752. The van der Waals surface area contributed by atoms with Crippen molar-refractivity contribution in [3.63, 3.8) is 0 Å². The molecule has 1 unspecified atom stereocenters. The number of halogens is 1. The molecule has 0 saturated carbocycles. The van der Waals surface area contributed by atoms with Crippen LogP contribution in [0.2, 0.25) is 4.34 Å². The van der Waals surface area contributed by atoms with E-state index in [4.69, 9.17) is 11.6 Å². The molecule has 1 fully saturated rings. The minimum Gasteiger partial charge on any atom is -0.465 e. The quantitative estimate of drug-likeness (QED) is 0.666. The Morgan fingerprint density at radius 2 is 2.46 bits per heavy atom. The van der Waals surface area contributed by atoms with Gasteiger partial charge in [0.2, 0.25) is 0 Å². The molecule has 0 spiro atoms. The van der Waals surface area contributed by atoms with Crippen molar-refractivity contribution in [2.24, 2.45) is 0 Å². The molecule has 3 heterocycles. The van der Waals surface area contributed by atoms with E-state index in [9.17, 15) is 9.90 Å². The summed E-state index contributed by atoms with van der Waals surface area (Å²) in [5, 5.41) is 20.1. The van der Waals surface area contributed by atoms with Crippen LogP contribution in [0.1, 0.15) is 29.8 Å². The van der Waals surface area contributed by atoms with Crippen LogP contribution in [0.5, 0.6) is 0 Å². The van der Waals surface area contributed by atoms with Gasteiger partial charge in [0.05, 0.1) is 22.1 Å². The third kappa shape index (κ3) is 3.14. The fraction of sp³-hybridized carbons (Fsp3) is 0.375. The Labute approximate surface area is 149 Å². The number of hydrogen-bond acceptors (Lipinski definition) is 4. The molecule has 6 nitrogen and oxygen atoms in total. The first kappa shape index (κ1) is 16.9. The van der Waals surface area contributed by atoms with E-state index in [1.807, 2.05) is 18.2 Å². The molecule has 8 heteroatoms. The summed E-state index contributed by atoms with van der Waals surface area (Å²) in [7, 11) is 0. The van der Waals surface area contributed by atoms with Gasteiger partial charge in [0.15, 0.2) is 0 Å². The monoisotopic (exact) mass is 366 g/mol. The van der Waals surface area contributed by atoms with Gasteiger partial charge in [-0.15, -0.1) is 17.9 Å². The summed E-state index contributed by atoms with van der Waals surface area (Å²) >= 11 is 7.45. The molecule has 1 atom stereocenters. The number of hydrogen-bond donors (Lipinski definition) is 3. The van der Waals surface area contributed by atoms with Gasteiger partial charge >= 0.3 is 6.09 Å². The molecule has 0 aromatic carbocycles. The number of carbonyl (C=O) groups is 1. The molecule has 2 aromatic heterocycles. The van der Waals surface area contributed by atoms with Gasteiger partial charge in [-0.25, -0.2) is 4.79 Å². The lowest BCUT2D eigenvalue weighted by Crippen LogP contribution is -2.44. The maximum absolute atomic E-state index is 11.6. The second-order valence-corrected chi connectivity index (χ2v) is 7.59. The molecule has 0 bridgehead atoms. The topological polar surface area (TPSA) is 81.2 Å². The summed E-state index contributed by atoms with van der Waals surface area (Å²) in [5.41, 5.74) is 0.196. The van der Waals surface area contributed by atoms with Crippen molar-refractivity contribution in [1.29, 1.82) is 0 Å². The van der Waals surface area contributed by atoms with Gasteiger partial charge in [-0.05, 0) is 31.4 Å². The van der Waals surface area contributed by atoms with Gasteiger partial charge < -0.3 is 10.4 Å². The molecule has 3 N–H and O–H groups in total. The van der Waals surface area contributed by atoms with Gasteiger partial charge in [0, 0.05) is 17.5 Å². The number of rotatable bonds is 6. The van der Waals surface area contributed by atoms with Crippen LogP contribution >= 0.6 is 22.9 Å². The predicted molar refractivity (Wildman–Crippen MR) is 95.7 cm³/mol. The van der Waals surface area contributed by atoms with Gasteiger partial charge in [-0.2, -0.15) is 5.10 Å². The first-order valence-electron chi connectivity index (χ1n) is 7.70. The number of aromatic amines is 1. The highest BCUT2D eigenvalue weighted by Gasteiger charge is 2.45. The van der Waals surface area contributed by atoms with Crippen molar-refractivity contribution in [2.75, 3.05) is 11.9 Å². The Morgan fingerprint density at radius 3 is 3.12 bits per heavy atom. The second kappa shape index (κ2) is 6.86. The lowest BCUT2D eigenvalue weighted by molar-refractivity contribution is 0.0996. The highest BCUT2D eigenvalue weighted by atomic mass is 35.5. The van der Waals surface area contributed by atoms with Crippen LogP contribution in [0.15, 0.2) is 30.9 Å². The SMILES string of the molecule is C=CCC1(c2cc(NCc3ccc(Cl)s3)n[nH]2)CCCN1C(=O)O. The molecule has 1 amide bonds.